The molecule has 2 N–H and O–H groups in total. The lowest BCUT2D eigenvalue weighted by molar-refractivity contribution is -0.143. The van der Waals surface area contributed by atoms with Gasteiger partial charge in [-0.3, -0.25) is 14.5 Å². The molecule has 12 heteroatoms. The number of H-pyrrole nitrogens is 1. The zero-order valence-corrected chi connectivity index (χ0v) is 21.8. The van der Waals surface area contributed by atoms with Crippen molar-refractivity contribution in [2.24, 2.45) is 0 Å². The number of aromatic nitrogens is 1. The van der Waals surface area contributed by atoms with Crippen LogP contribution in [0, 0.1) is 0 Å². The normalized spacial score (nSPS) is 16.3. The molecule has 1 amide bonds. The Hall–Kier alpha value is -3.38. The lowest BCUT2D eigenvalue weighted by Crippen LogP contribution is -2.51. The molecule has 4 rings (SSSR count). The number of benzene rings is 2. The highest BCUT2D eigenvalue weighted by Gasteiger charge is 2.38. The molecule has 1 fully saturated rings. The molecule has 0 unspecified atom stereocenters. The number of piperazine rings is 1. The van der Waals surface area contributed by atoms with E-state index in [2.05, 4.69) is 15.2 Å². The average Bonchev–Trinajstić information content (AvgIpc) is 3.30. The summed E-state index contributed by atoms with van der Waals surface area (Å²) in [7, 11) is 1.98. The van der Waals surface area contributed by atoms with E-state index >= 15 is 0 Å². The monoisotopic (exact) mass is 568 g/mol. The fourth-order valence-corrected chi connectivity index (χ4v) is 4.88. The first-order chi connectivity index (χ1) is 18.8. The number of ketones is 1. The fourth-order valence-electron chi connectivity index (χ4n) is 4.88. The van der Waals surface area contributed by atoms with Gasteiger partial charge in [0.15, 0.2) is 5.78 Å². The highest BCUT2D eigenvalue weighted by Crippen LogP contribution is 2.37. The Morgan fingerprint density at radius 2 is 1.65 bits per heavy atom. The molecule has 2 aromatic carbocycles. The Bertz CT molecular complexity index is 1340. The van der Waals surface area contributed by atoms with Crippen molar-refractivity contribution >= 4 is 22.6 Å². The number of carbonyl (C=O) groups is 2. The molecule has 1 aromatic heterocycles. The predicted octanol–water partition coefficient (Wildman–Crippen LogP) is 4.68. The van der Waals surface area contributed by atoms with Gasteiger partial charge in [0.1, 0.15) is 0 Å². The number of carbonyl (C=O) groups excluding carboxylic acids is 2. The quantitative estimate of drug-likeness (QED) is 0.368. The van der Waals surface area contributed by atoms with Crippen LogP contribution in [0.3, 0.4) is 0 Å². The summed E-state index contributed by atoms with van der Waals surface area (Å²) in [5.74, 6) is -0.890. The predicted molar refractivity (Wildman–Crippen MR) is 138 cm³/mol. The number of alkyl halides is 6. The Labute approximate surface area is 227 Å². The zero-order chi connectivity index (χ0) is 29.1. The van der Waals surface area contributed by atoms with E-state index in [1.165, 1.54) is 0 Å². The number of amides is 1. The molecule has 1 saturated heterocycles. The van der Waals surface area contributed by atoms with E-state index in [0.717, 1.165) is 35.6 Å². The number of aromatic amines is 1. The van der Waals surface area contributed by atoms with Gasteiger partial charge in [0, 0.05) is 56.1 Å². The largest absolute Gasteiger partial charge is 0.416 e. The van der Waals surface area contributed by atoms with Crippen LogP contribution in [-0.2, 0) is 34.8 Å². The minimum absolute atomic E-state index is 0.0705. The second kappa shape index (κ2) is 12.0. The van der Waals surface area contributed by atoms with Crippen molar-refractivity contribution in [1.29, 1.82) is 0 Å². The SMILES string of the molecule is CN1CCN(CC(=O)N[C@@H](Cc2c[nH]c3ccccc23)C(=O)CCc2ccc(C(F)(F)F)cc2C(F)(F)F)CC1. The maximum Gasteiger partial charge on any atom is 0.416 e. The third kappa shape index (κ3) is 7.42. The highest BCUT2D eigenvalue weighted by molar-refractivity contribution is 5.91. The minimum atomic E-state index is -5.03. The van der Waals surface area contributed by atoms with Crippen LogP contribution in [0.15, 0.2) is 48.7 Å². The number of para-hydroxylation sites is 1. The molecule has 0 bridgehead atoms. The minimum Gasteiger partial charge on any atom is -0.361 e. The standard InChI is InChI=1S/C28H30F6N4O2/c1-37-10-12-38(13-11-37)17-26(40)36-24(14-19-16-35-23-5-3-2-4-21(19)23)25(39)9-7-18-6-8-20(27(29,30)31)15-22(18)28(32,33)34/h2-6,8,15-16,24,35H,7,9-14,17H2,1H3,(H,36,40)/t24-/m0/s1. The Morgan fingerprint density at radius 3 is 2.33 bits per heavy atom. The lowest BCUT2D eigenvalue weighted by atomic mass is 9.94. The van der Waals surface area contributed by atoms with E-state index in [9.17, 15) is 35.9 Å². The molecule has 1 aliphatic heterocycles. The van der Waals surface area contributed by atoms with Crippen LogP contribution in [0.2, 0.25) is 0 Å². The van der Waals surface area contributed by atoms with Crippen LogP contribution in [-0.4, -0.2) is 72.3 Å². The summed E-state index contributed by atoms with van der Waals surface area (Å²) in [5.41, 5.74) is -1.68. The van der Waals surface area contributed by atoms with Crippen LogP contribution in [0.25, 0.3) is 10.9 Å². The summed E-state index contributed by atoms with van der Waals surface area (Å²) < 4.78 is 79.9. The van der Waals surface area contributed by atoms with Crippen LogP contribution in [0.1, 0.15) is 28.7 Å². The number of halogens is 6. The number of aryl methyl sites for hydroxylation is 1. The summed E-state index contributed by atoms with van der Waals surface area (Å²) in [4.78, 5) is 33.4. The maximum absolute atomic E-state index is 13.6. The number of likely N-dealkylation sites (N-methyl/N-ethyl adjacent to an activating group) is 1. The van der Waals surface area contributed by atoms with Crippen molar-refractivity contribution < 1.29 is 35.9 Å². The highest BCUT2D eigenvalue weighted by atomic mass is 19.4. The third-order valence-corrected chi connectivity index (χ3v) is 7.17. The second-order valence-electron chi connectivity index (χ2n) is 10.1. The van der Waals surface area contributed by atoms with Crippen LogP contribution in [0.5, 0.6) is 0 Å². The smallest absolute Gasteiger partial charge is 0.361 e. The van der Waals surface area contributed by atoms with Crippen molar-refractivity contribution in [2.45, 2.75) is 37.7 Å². The van der Waals surface area contributed by atoms with Crippen LogP contribution < -0.4 is 5.32 Å². The number of Topliss-reactive ketones (excluding diaryl/α,β-unsaturated/α-hetero) is 1. The third-order valence-electron chi connectivity index (χ3n) is 7.17. The summed E-state index contributed by atoms with van der Waals surface area (Å²) >= 11 is 0. The molecular weight excluding hydrogens is 538 g/mol. The number of fused-ring (bicyclic) bond motifs is 1. The van der Waals surface area contributed by atoms with Gasteiger partial charge in [-0.05, 0) is 42.8 Å². The molecule has 3 aromatic rings. The molecule has 1 aliphatic rings. The summed E-state index contributed by atoms with van der Waals surface area (Å²) in [6, 6.07) is 7.76. The molecule has 40 heavy (non-hydrogen) atoms. The van der Waals surface area contributed by atoms with Gasteiger partial charge in [-0.25, -0.2) is 0 Å². The van der Waals surface area contributed by atoms with Crippen molar-refractivity contribution in [3.05, 3.63) is 70.9 Å². The van der Waals surface area contributed by atoms with Gasteiger partial charge >= 0.3 is 12.4 Å². The van der Waals surface area contributed by atoms with E-state index in [4.69, 9.17) is 0 Å². The van der Waals surface area contributed by atoms with E-state index in [1.54, 1.807) is 6.20 Å². The first-order valence-corrected chi connectivity index (χ1v) is 12.9. The Morgan fingerprint density at radius 1 is 0.950 bits per heavy atom. The summed E-state index contributed by atoms with van der Waals surface area (Å²) in [5, 5.41) is 3.60. The number of nitrogens with one attached hydrogen (secondary N) is 2. The molecule has 0 radical (unpaired) electrons. The molecule has 0 spiro atoms. The van der Waals surface area contributed by atoms with Crippen LogP contribution in [0.4, 0.5) is 26.3 Å². The number of hydrogen-bond donors (Lipinski definition) is 2. The number of nitrogens with zero attached hydrogens (tertiary/aromatic N) is 2. The Balaban J connectivity index is 1.52. The molecule has 0 aliphatic carbocycles. The van der Waals surface area contributed by atoms with Crippen molar-refractivity contribution in [2.75, 3.05) is 39.8 Å². The molecule has 2 heterocycles. The lowest BCUT2D eigenvalue weighted by Gasteiger charge is -2.32. The topological polar surface area (TPSA) is 68.4 Å². The van der Waals surface area contributed by atoms with Crippen molar-refractivity contribution in [3.8, 4) is 0 Å². The van der Waals surface area contributed by atoms with Gasteiger partial charge in [-0.15, -0.1) is 0 Å². The molecule has 216 valence electrons. The first kappa shape index (κ1) is 29.6. The molecule has 6 nitrogen and oxygen atoms in total. The van der Waals surface area contributed by atoms with E-state index in [0.29, 0.717) is 19.2 Å². The van der Waals surface area contributed by atoms with Crippen molar-refractivity contribution in [3.63, 3.8) is 0 Å². The van der Waals surface area contributed by atoms with Crippen molar-refractivity contribution in [1.82, 2.24) is 20.1 Å². The second-order valence-corrected chi connectivity index (χ2v) is 10.1. The Kier molecular flexibility index (Phi) is 8.89. The maximum atomic E-state index is 13.6. The van der Waals surface area contributed by atoms with E-state index < -0.39 is 53.7 Å². The van der Waals surface area contributed by atoms with Crippen LogP contribution >= 0.6 is 0 Å². The summed E-state index contributed by atoms with van der Waals surface area (Å²) in [6.45, 7) is 3.01. The number of rotatable bonds is 9. The van der Waals surface area contributed by atoms with Gasteiger partial charge in [-0.2, -0.15) is 26.3 Å². The zero-order valence-electron chi connectivity index (χ0n) is 21.8. The average molecular weight is 569 g/mol. The van der Waals surface area contributed by atoms with E-state index in [1.807, 2.05) is 36.2 Å². The molecule has 0 saturated carbocycles. The summed E-state index contributed by atoms with van der Waals surface area (Å²) in [6.07, 6.45) is -8.96. The molecular formula is C28H30F6N4O2. The molecule has 1 atom stereocenters. The number of hydrogen-bond acceptors (Lipinski definition) is 4. The van der Waals surface area contributed by atoms with Gasteiger partial charge < -0.3 is 15.2 Å². The van der Waals surface area contributed by atoms with Gasteiger partial charge in [-0.1, -0.05) is 24.3 Å². The van der Waals surface area contributed by atoms with Gasteiger partial charge in [0.05, 0.1) is 23.7 Å². The van der Waals surface area contributed by atoms with Gasteiger partial charge in [0.2, 0.25) is 5.91 Å². The fraction of sp³-hybridized carbons (Fsp3) is 0.429. The first-order valence-electron chi connectivity index (χ1n) is 12.9. The van der Waals surface area contributed by atoms with E-state index in [-0.39, 0.29) is 24.9 Å². The van der Waals surface area contributed by atoms with Gasteiger partial charge in [0.25, 0.3) is 0 Å².